The molecule has 0 aliphatic rings. The van der Waals surface area contributed by atoms with Crippen LogP contribution in [0.15, 0.2) is 12.5 Å². The molecule has 12 nitrogen and oxygen atoms in total. The van der Waals surface area contributed by atoms with E-state index in [9.17, 15) is 19.2 Å². The summed E-state index contributed by atoms with van der Waals surface area (Å²) < 4.78 is 0. The number of hydrogen-bond acceptors (Lipinski definition) is 8. The summed E-state index contributed by atoms with van der Waals surface area (Å²) in [4.78, 5) is 56.1. The molecule has 0 radical (unpaired) electrons. The third-order valence-electron chi connectivity index (χ3n) is 4.89. The highest BCUT2D eigenvalue weighted by Crippen LogP contribution is 2.06. The molecule has 0 saturated carbocycles. The molecule has 13 heteroatoms. The van der Waals surface area contributed by atoms with E-state index in [4.69, 9.17) is 16.6 Å². The van der Waals surface area contributed by atoms with Gasteiger partial charge in [0.1, 0.15) is 18.1 Å². The lowest BCUT2D eigenvalue weighted by molar-refractivity contribution is -0.141. The smallest absolute Gasteiger partial charge is 0.325 e. The lowest BCUT2D eigenvalue weighted by atomic mass is 10.1. The molecule has 3 amide bonds. The first-order valence-corrected chi connectivity index (χ1v) is 12.1. The van der Waals surface area contributed by atoms with E-state index in [-0.39, 0.29) is 12.8 Å². The van der Waals surface area contributed by atoms with Crippen LogP contribution in [-0.4, -0.2) is 81.5 Å². The monoisotopic (exact) mass is 485 g/mol. The number of unbranched alkanes of at least 4 members (excludes halogenated alkanes) is 1. The van der Waals surface area contributed by atoms with E-state index >= 15 is 0 Å². The summed E-state index contributed by atoms with van der Waals surface area (Å²) in [5.41, 5.74) is 12.1. The number of carboxylic acid groups (broad SMARTS) is 1. The molecule has 33 heavy (non-hydrogen) atoms. The molecule has 0 aliphatic carbocycles. The van der Waals surface area contributed by atoms with E-state index in [1.165, 1.54) is 19.4 Å². The number of carbonyl (C=O) groups excluding carboxylic acids is 3. The predicted octanol–water partition coefficient (Wildman–Crippen LogP) is -1.28. The topological polar surface area (TPSA) is 205 Å². The highest BCUT2D eigenvalue weighted by atomic mass is 32.2. The van der Waals surface area contributed by atoms with Crippen LogP contribution in [0, 0.1) is 0 Å². The fourth-order valence-electron chi connectivity index (χ4n) is 2.89. The first-order valence-electron chi connectivity index (χ1n) is 10.7. The minimum atomic E-state index is -1.20. The number of imidazole rings is 1. The van der Waals surface area contributed by atoms with Gasteiger partial charge in [0, 0.05) is 18.3 Å². The van der Waals surface area contributed by atoms with E-state index in [1.54, 1.807) is 11.8 Å². The van der Waals surface area contributed by atoms with Crippen LogP contribution >= 0.6 is 11.8 Å². The maximum absolute atomic E-state index is 13.1. The molecule has 4 unspecified atom stereocenters. The number of nitrogens with one attached hydrogen (secondary N) is 4. The van der Waals surface area contributed by atoms with Gasteiger partial charge in [-0.15, -0.1) is 0 Å². The number of carbonyl (C=O) groups is 4. The van der Waals surface area contributed by atoms with E-state index < -0.39 is 47.9 Å². The highest BCUT2D eigenvalue weighted by molar-refractivity contribution is 7.98. The van der Waals surface area contributed by atoms with Gasteiger partial charge < -0.3 is 37.5 Å². The van der Waals surface area contributed by atoms with Gasteiger partial charge in [-0.25, -0.2) is 4.98 Å². The SMILES string of the molecule is CSCCC(N)C(=O)NC(Cc1cnc[nH]1)C(=O)NC(CCCCN)C(=O)NC(C)C(=O)O. The summed E-state index contributed by atoms with van der Waals surface area (Å²) in [5, 5.41) is 16.7. The quantitative estimate of drug-likeness (QED) is 0.139. The summed E-state index contributed by atoms with van der Waals surface area (Å²) in [5.74, 6) is -2.20. The van der Waals surface area contributed by atoms with Crippen molar-refractivity contribution >= 4 is 35.5 Å². The van der Waals surface area contributed by atoms with Crippen molar-refractivity contribution in [2.24, 2.45) is 11.5 Å². The molecule has 4 atom stereocenters. The number of amides is 3. The Balaban J connectivity index is 2.95. The number of aliphatic carboxylic acids is 1. The molecule has 1 rings (SSSR count). The van der Waals surface area contributed by atoms with Crippen molar-refractivity contribution in [1.29, 1.82) is 0 Å². The van der Waals surface area contributed by atoms with Gasteiger partial charge in [-0.1, -0.05) is 0 Å². The lowest BCUT2D eigenvalue weighted by Gasteiger charge is -2.24. The molecule has 1 aromatic heterocycles. The van der Waals surface area contributed by atoms with E-state index in [2.05, 4.69) is 25.9 Å². The first-order chi connectivity index (χ1) is 15.7. The zero-order valence-corrected chi connectivity index (χ0v) is 19.8. The van der Waals surface area contributed by atoms with Crippen molar-refractivity contribution in [3.8, 4) is 0 Å². The van der Waals surface area contributed by atoms with Crippen LogP contribution in [0.4, 0.5) is 0 Å². The molecule has 1 aromatic rings. The second kappa shape index (κ2) is 15.2. The van der Waals surface area contributed by atoms with Crippen LogP contribution < -0.4 is 27.4 Å². The first kappa shape index (κ1) is 28.4. The van der Waals surface area contributed by atoms with Crippen LogP contribution in [0.2, 0.25) is 0 Å². The summed E-state index contributed by atoms with van der Waals surface area (Å²) >= 11 is 1.56. The van der Waals surface area contributed by atoms with Crippen molar-refractivity contribution < 1.29 is 24.3 Å². The summed E-state index contributed by atoms with van der Waals surface area (Å²) in [6.45, 7) is 1.75. The highest BCUT2D eigenvalue weighted by Gasteiger charge is 2.29. The summed E-state index contributed by atoms with van der Waals surface area (Å²) in [6.07, 6.45) is 6.88. The van der Waals surface area contributed by atoms with Gasteiger partial charge in [-0.3, -0.25) is 19.2 Å². The minimum Gasteiger partial charge on any atom is -0.480 e. The van der Waals surface area contributed by atoms with Gasteiger partial charge in [0.05, 0.1) is 12.4 Å². The maximum atomic E-state index is 13.1. The lowest BCUT2D eigenvalue weighted by Crippen LogP contribution is -2.57. The molecule has 1 heterocycles. The summed E-state index contributed by atoms with van der Waals surface area (Å²) in [6, 6.07) is -3.91. The molecule has 0 aliphatic heterocycles. The van der Waals surface area contributed by atoms with Crippen LogP contribution in [0.25, 0.3) is 0 Å². The van der Waals surface area contributed by atoms with Gasteiger partial charge >= 0.3 is 5.97 Å². The largest absolute Gasteiger partial charge is 0.480 e. The Labute approximate surface area is 197 Å². The van der Waals surface area contributed by atoms with Crippen molar-refractivity contribution in [3.05, 3.63) is 18.2 Å². The Morgan fingerprint density at radius 1 is 1.09 bits per heavy atom. The number of aromatic nitrogens is 2. The third-order valence-corrected chi connectivity index (χ3v) is 5.53. The maximum Gasteiger partial charge on any atom is 0.325 e. The molecule has 0 bridgehead atoms. The number of thioether (sulfide) groups is 1. The Hall–Kier alpha value is -2.64. The van der Waals surface area contributed by atoms with E-state index in [0.29, 0.717) is 37.3 Å². The number of rotatable bonds is 16. The van der Waals surface area contributed by atoms with E-state index in [1.807, 2.05) is 6.26 Å². The van der Waals surface area contributed by atoms with Gasteiger partial charge in [0.25, 0.3) is 0 Å². The van der Waals surface area contributed by atoms with Gasteiger partial charge in [0.15, 0.2) is 0 Å². The number of carboxylic acids is 1. The Morgan fingerprint density at radius 3 is 2.33 bits per heavy atom. The van der Waals surface area contributed by atoms with Gasteiger partial charge in [-0.05, 0) is 51.2 Å². The molecule has 186 valence electrons. The van der Waals surface area contributed by atoms with Crippen LogP contribution in [0.3, 0.4) is 0 Å². The second-order valence-corrected chi connectivity index (χ2v) is 8.63. The average Bonchev–Trinajstić information content (AvgIpc) is 3.29. The van der Waals surface area contributed by atoms with Crippen molar-refractivity contribution in [2.75, 3.05) is 18.6 Å². The number of H-pyrrole nitrogens is 1. The van der Waals surface area contributed by atoms with Crippen molar-refractivity contribution in [2.45, 2.75) is 63.2 Å². The fraction of sp³-hybridized carbons (Fsp3) is 0.650. The van der Waals surface area contributed by atoms with Crippen LogP contribution in [-0.2, 0) is 25.6 Å². The molecule has 0 fully saturated rings. The molecule has 9 N–H and O–H groups in total. The Morgan fingerprint density at radius 2 is 1.76 bits per heavy atom. The fourth-order valence-corrected chi connectivity index (χ4v) is 3.38. The molecule has 0 spiro atoms. The molecular weight excluding hydrogens is 450 g/mol. The van der Waals surface area contributed by atoms with E-state index in [0.717, 1.165) is 0 Å². The number of nitrogens with zero attached hydrogens (tertiary/aromatic N) is 1. The third kappa shape index (κ3) is 10.7. The minimum absolute atomic E-state index is 0.107. The molecular formula is C20H35N7O5S. The van der Waals surface area contributed by atoms with Crippen LogP contribution in [0.1, 0.15) is 38.3 Å². The number of aromatic amines is 1. The zero-order valence-electron chi connectivity index (χ0n) is 19.0. The number of hydrogen-bond donors (Lipinski definition) is 7. The van der Waals surface area contributed by atoms with Crippen molar-refractivity contribution in [3.63, 3.8) is 0 Å². The van der Waals surface area contributed by atoms with Crippen LogP contribution in [0.5, 0.6) is 0 Å². The Kier molecular flexibility index (Phi) is 13.1. The predicted molar refractivity (Wildman–Crippen MR) is 125 cm³/mol. The average molecular weight is 486 g/mol. The molecule has 0 aromatic carbocycles. The van der Waals surface area contributed by atoms with Gasteiger partial charge in [0.2, 0.25) is 17.7 Å². The summed E-state index contributed by atoms with van der Waals surface area (Å²) in [7, 11) is 0. The standard InChI is InChI=1S/C20H35N7O5S/c1-12(20(31)32)25-18(29)15(5-3-4-7-21)26-19(30)16(9-13-10-23-11-24-13)27-17(28)14(22)6-8-33-2/h10-12,14-16H,3-9,21-22H2,1-2H3,(H,23,24)(H,25,29)(H,26,30)(H,27,28)(H,31,32). The normalized spacial score (nSPS) is 14.5. The van der Waals surface area contributed by atoms with Crippen molar-refractivity contribution in [1.82, 2.24) is 25.9 Å². The zero-order chi connectivity index (χ0) is 24.8. The second-order valence-electron chi connectivity index (χ2n) is 7.64. The number of nitrogens with two attached hydrogens (primary N) is 2. The van der Waals surface area contributed by atoms with Gasteiger partial charge in [-0.2, -0.15) is 11.8 Å². The molecule has 0 saturated heterocycles. The Bertz CT molecular complexity index is 762.